The first-order chi connectivity index (χ1) is 15.2. The van der Waals surface area contributed by atoms with Crippen molar-refractivity contribution >= 4 is 23.4 Å². The Morgan fingerprint density at radius 2 is 1.65 bits per heavy atom. The summed E-state index contributed by atoms with van der Waals surface area (Å²) in [6.07, 6.45) is 0.867. The van der Waals surface area contributed by atoms with Gasteiger partial charge in [-0.25, -0.2) is 0 Å². The molecule has 4 rings (SSSR count). The summed E-state index contributed by atoms with van der Waals surface area (Å²) in [5.74, 6) is 0.936. The first-order valence-electron chi connectivity index (χ1n) is 10.2. The highest BCUT2D eigenvalue weighted by molar-refractivity contribution is 7.99. The number of nitrogens with one attached hydrogen (secondary N) is 1. The lowest BCUT2D eigenvalue weighted by Crippen LogP contribution is -2.15. The van der Waals surface area contributed by atoms with E-state index in [2.05, 4.69) is 41.5 Å². The molecule has 0 radical (unpaired) electrons. The summed E-state index contributed by atoms with van der Waals surface area (Å²) in [5, 5.41) is 12.5. The van der Waals surface area contributed by atoms with Gasteiger partial charge in [0.25, 0.3) is 0 Å². The molecule has 1 heterocycles. The molecule has 0 saturated carbocycles. The molecule has 6 heteroatoms. The first-order valence-corrected chi connectivity index (χ1v) is 11.2. The minimum atomic E-state index is -0.0642. The van der Waals surface area contributed by atoms with E-state index in [1.54, 1.807) is 0 Å². The molecule has 1 amide bonds. The van der Waals surface area contributed by atoms with Crippen LogP contribution in [0.3, 0.4) is 0 Å². The van der Waals surface area contributed by atoms with Crippen LogP contribution in [0.1, 0.15) is 18.1 Å². The van der Waals surface area contributed by atoms with Crippen LogP contribution in [0.15, 0.2) is 84.0 Å². The van der Waals surface area contributed by atoms with E-state index in [1.807, 2.05) is 71.3 Å². The molecule has 3 aromatic carbocycles. The standard InChI is InChI=1S/C25H24N4OS/c1-3-19-9-7-8-12-22(19)26-23(30)17-31-25-28-27-24(20-10-5-4-6-11-20)29(25)21-15-13-18(2)14-16-21/h4-16H,3,17H2,1-2H3,(H,26,30). The van der Waals surface area contributed by atoms with Gasteiger partial charge in [0.1, 0.15) is 0 Å². The Morgan fingerprint density at radius 1 is 0.935 bits per heavy atom. The van der Waals surface area contributed by atoms with Crippen molar-refractivity contribution in [3.8, 4) is 17.1 Å². The van der Waals surface area contributed by atoms with E-state index in [0.717, 1.165) is 34.7 Å². The second-order valence-corrected chi connectivity index (χ2v) is 8.13. The predicted octanol–water partition coefficient (Wildman–Crippen LogP) is 5.54. The molecule has 0 aliphatic heterocycles. The van der Waals surface area contributed by atoms with Crippen LogP contribution in [0, 0.1) is 6.92 Å². The van der Waals surface area contributed by atoms with Crippen LogP contribution in [-0.2, 0) is 11.2 Å². The molecule has 1 aromatic heterocycles. The second kappa shape index (κ2) is 9.62. The van der Waals surface area contributed by atoms with Crippen molar-refractivity contribution in [3.63, 3.8) is 0 Å². The van der Waals surface area contributed by atoms with Gasteiger partial charge >= 0.3 is 0 Å². The third-order valence-corrected chi connectivity index (χ3v) is 5.89. The van der Waals surface area contributed by atoms with E-state index in [-0.39, 0.29) is 11.7 Å². The molecule has 0 spiro atoms. The van der Waals surface area contributed by atoms with Gasteiger partial charge in [-0.3, -0.25) is 9.36 Å². The summed E-state index contributed by atoms with van der Waals surface area (Å²) in [7, 11) is 0. The summed E-state index contributed by atoms with van der Waals surface area (Å²) in [5.41, 5.74) is 5.11. The molecule has 0 unspecified atom stereocenters. The Hall–Kier alpha value is -3.38. The van der Waals surface area contributed by atoms with Gasteiger partial charge in [-0.1, -0.05) is 84.9 Å². The van der Waals surface area contributed by atoms with Crippen LogP contribution in [0.5, 0.6) is 0 Å². The molecule has 156 valence electrons. The Morgan fingerprint density at radius 3 is 2.39 bits per heavy atom. The number of rotatable bonds is 7. The summed E-state index contributed by atoms with van der Waals surface area (Å²) in [6.45, 7) is 4.14. The number of hydrogen-bond donors (Lipinski definition) is 1. The highest BCUT2D eigenvalue weighted by Gasteiger charge is 2.17. The minimum absolute atomic E-state index is 0.0642. The predicted molar refractivity (Wildman–Crippen MR) is 127 cm³/mol. The number of aryl methyl sites for hydroxylation is 2. The van der Waals surface area contributed by atoms with Gasteiger partial charge in [0.2, 0.25) is 5.91 Å². The van der Waals surface area contributed by atoms with Gasteiger partial charge in [-0.15, -0.1) is 10.2 Å². The minimum Gasteiger partial charge on any atom is -0.325 e. The van der Waals surface area contributed by atoms with E-state index in [1.165, 1.54) is 17.3 Å². The van der Waals surface area contributed by atoms with Crippen LogP contribution < -0.4 is 5.32 Å². The number of nitrogens with zero attached hydrogens (tertiary/aromatic N) is 3. The molecule has 1 N–H and O–H groups in total. The largest absolute Gasteiger partial charge is 0.325 e. The molecule has 0 aliphatic carbocycles. The van der Waals surface area contributed by atoms with Gasteiger partial charge in [0, 0.05) is 16.9 Å². The third kappa shape index (κ3) is 4.86. The average molecular weight is 429 g/mol. The Bertz CT molecular complexity index is 1170. The first kappa shape index (κ1) is 20.9. The number of para-hydroxylation sites is 1. The highest BCUT2D eigenvalue weighted by Crippen LogP contribution is 2.28. The molecule has 4 aromatic rings. The number of anilines is 1. The molecule has 0 fully saturated rings. The molecule has 0 saturated heterocycles. The molecular weight excluding hydrogens is 404 g/mol. The van der Waals surface area contributed by atoms with E-state index in [9.17, 15) is 4.79 Å². The number of amides is 1. The lowest BCUT2D eigenvalue weighted by Gasteiger charge is -2.12. The number of aromatic nitrogens is 3. The maximum Gasteiger partial charge on any atom is 0.234 e. The summed E-state index contributed by atoms with van der Waals surface area (Å²) >= 11 is 1.38. The van der Waals surface area contributed by atoms with E-state index in [0.29, 0.717) is 5.16 Å². The summed E-state index contributed by atoms with van der Waals surface area (Å²) in [4.78, 5) is 12.6. The van der Waals surface area contributed by atoms with Crippen molar-refractivity contribution in [2.45, 2.75) is 25.4 Å². The summed E-state index contributed by atoms with van der Waals surface area (Å²) in [6, 6.07) is 26.1. The van der Waals surface area contributed by atoms with Gasteiger partial charge < -0.3 is 5.32 Å². The molecule has 5 nitrogen and oxygen atoms in total. The number of carbonyl (C=O) groups excluding carboxylic acids is 1. The fourth-order valence-electron chi connectivity index (χ4n) is 3.33. The smallest absolute Gasteiger partial charge is 0.234 e. The van der Waals surface area contributed by atoms with Crippen LogP contribution in [0.4, 0.5) is 5.69 Å². The number of thioether (sulfide) groups is 1. The Balaban J connectivity index is 1.59. The van der Waals surface area contributed by atoms with Crippen molar-refractivity contribution in [2.75, 3.05) is 11.1 Å². The van der Waals surface area contributed by atoms with Crippen molar-refractivity contribution in [1.29, 1.82) is 0 Å². The van der Waals surface area contributed by atoms with E-state index in [4.69, 9.17) is 0 Å². The van der Waals surface area contributed by atoms with E-state index >= 15 is 0 Å². The quantitative estimate of drug-likeness (QED) is 0.393. The second-order valence-electron chi connectivity index (χ2n) is 7.19. The normalized spacial score (nSPS) is 10.8. The molecule has 0 atom stereocenters. The van der Waals surface area contributed by atoms with Crippen molar-refractivity contribution in [2.24, 2.45) is 0 Å². The molecule has 31 heavy (non-hydrogen) atoms. The zero-order valence-corrected chi connectivity index (χ0v) is 18.4. The monoisotopic (exact) mass is 428 g/mol. The van der Waals surface area contributed by atoms with Crippen LogP contribution in [-0.4, -0.2) is 26.4 Å². The van der Waals surface area contributed by atoms with Gasteiger partial charge in [0.15, 0.2) is 11.0 Å². The molecule has 0 aliphatic rings. The summed E-state index contributed by atoms with van der Waals surface area (Å²) < 4.78 is 2.01. The highest BCUT2D eigenvalue weighted by atomic mass is 32.2. The van der Waals surface area contributed by atoms with Crippen molar-refractivity contribution < 1.29 is 4.79 Å². The lowest BCUT2D eigenvalue weighted by molar-refractivity contribution is -0.113. The van der Waals surface area contributed by atoms with Gasteiger partial charge in [-0.2, -0.15) is 0 Å². The third-order valence-electron chi connectivity index (χ3n) is 4.96. The van der Waals surface area contributed by atoms with Crippen molar-refractivity contribution in [3.05, 3.63) is 90.0 Å². The Kier molecular flexibility index (Phi) is 6.48. The molecule has 0 bridgehead atoms. The Labute approximate surface area is 186 Å². The van der Waals surface area contributed by atoms with E-state index < -0.39 is 0 Å². The van der Waals surface area contributed by atoms with Gasteiger partial charge in [-0.05, 0) is 37.1 Å². The fraction of sp³-hybridized carbons (Fsp3) is 0.160. The maximum atomic E-state index is 12.6. The van der Waals surface area contributed by atoms with Crippen LogP contribution >= 0.6 is 11.8 Å². The number of benzene rings is 3. The fourth-order valence-corrected chi connectivity index (χ4v) is 4.08. The van der Waals surface area contributed by atoms with Crippen molar-refractivity contribution in [1.82, 2.24) is 14.8 Å². The maximum absolute atomic E-state index is 12.6. The average Bonchev–Trinajstić information content (AvgIpc) is 3.23. The molecular formula is C25H24N4OS. The number of carbonyl (C=O) groups is 1. The lowest BCUT2D eigenvalue weighted by atomic mass is 10.1. The topological polar surface area (TPSA) is 59.8 Å². The van der Waals surface area contributed by atoms with Gasteiger partial charge in [0.05, 0.1) is 5.75 Å². The van der Waals surface area contributed by atoms with Crippen LogP contribution in [0.2, 0.25) is 0 Å². The van der Waals surface area contributed by atoms with Crippen LogP contribution in [0.25, 0.3) is 17.1 Å². The SMILES string of the molecule is CCc1ccccc1NC(=O)CSc1nnc(-c2ccccc2)n1-c1ccc(C)cc1. The number of hydrogen-bond acceptors (Lipinski definition) is 4. The zero-order valence-electron chi connectivity index (χ0n) is 17.6. The zero-order chi connectivity index (χ0) is 21.6.